The molecule has 2 amide bonds. The van der Waals surface area contributed by atoms with Gasteiger partial charge in [0.2, 0.25) is 0 Å². The maximum Gasteiger partial charge on any atom is 0.278 e. The summed E-state index contributed by atoms with van der Waals surface area (Å²) >= 11 is 0. The van der Waals surface area contributed by atoms with Crippen LogP contribution in [0.5, 0.6) is 0 Å². The van der Waals surface area contributed by atoms with E-state index in [1.807, 2.05) is 31.3 Å². The van der Waals surface area contributed by atoms with Gasteiger partial charge < -0.3 is 37.9 Å². The first-order chi connectivity index (χ1) is 31.2. The highest BCUT2D eigenvalue weighted by atomic mass is 16.7. The van der Waals surface area contributed by atoms with Gasteiger partial charge in [0, 0.05) is 69.6 Å². The molecule has 12 rings (SSSR count). The average molecular weight is 861 g/mol. The maximum atomic E-state index is 14.0. The van der Waals surface area contributed by atoms with Crippen molar-refractivity contribution in [1.82, 2.24) is 19.1 Å². The molecule has 2 saturated heterocycles. The molecule has 330 valence electrons. The molecule has 6 saturated carbocycles. The largest absolute Gasteiger partial charge is 0.350 e. The fourth-order valence-corrected chi connectivity index (χ4v) is 9.75. The number of ether oxygens (including phenoxy) is 4. The van der Waals surface area contributed by atoms with Crippen LogP contribution < -0.4 is 9.80 Å². The minimum Gasteiger partial charge on any atom is -0.350 e. The lowest BCUT2D eigenvalue weighted by Crippen LogP contribution is -2.35. The Bertz CT molecular complexity index is 2610. The van der Waals surface area contributed by atoms with Crippen molar-refractivity contribution in [3.63, 3.8) is 0 Å². The second kappa shape index (κ2) is 15.7. The lowest BCUT2D eigenvalue weighted by atomic mass is 10.1. The van der Waals surface area contributed by atoms with E-state index in [9.17, 15) is 9.59 Å². The normalized spacial score (nSPS) is 26.9. The van der Waals surface area contributed by atoms with Crippen molar-refractivity contribution in [2.45, 2.75) is 116 Å². The fourth-order valence-electron chi connectivity index (χ4n) is 9.75. The molecule has 2 aromatic carbocycles. The van der Waals surface area contributed by atoms with Crippen LogP contribution in [0.1, 0.15) is 107 Å². The summed E-state index contributed by atoms with van der Waals surface area (Å²) in [5.41, 5.74) is 7.21. The number of hydrogen-bond acceptors (Lipinski definition) is 8. The Labute approximate surface area is 375 Å². The molecule has 2 aliphatic heterocycles. The van der Waals surface area contributed by atoms with Crippen LogP contribution in [-0.2, 0) is 32.0 Å². The number of aromatic nitrogens is 4. The van der Waals surface area contributed by atoms with Crippen LogP contribution >= 0.6 is 0 Å². The van der Waals surface area contributed by atoms with E-state index in [0.717, 1.165) is 98.6 Å². The highest BCUT2D eigenvalue weighted by molar-refractivity contribution is 6.06. The van der Waals surface area contributed by atoms with Gasteiger partial charge in [-0.2, -0.15) is 0 Å². The van der Waals surface area contributed by atoms with Crippen molar-refractivity contribution in [1.29, 1.82) is 0 Å². The van der Waals surface area contributed by atoms with Gasteiger partial charge in [-0.3, -0.25) is 9.59 Å². The molecule has 4 unspecified atom stereocenters. The molecule has 0 N–H and O–H groups in total. The van der Waals surface area contributed by atoms with Crippen LogP contribution in [-0.4, -0.2) is 82.0 Å². The molecule has 4 aromatic rings. The minimum absolute atomic E-state index is 0.0748. The van der Waals surface area contributed by atoms with E-state index < -0.39 is 0 Å². The van der Waals surface area contributed by atoms with Gasteiger partial charge in [0.1, 0.15) is 11.4 Å². The van der Waals surface area contributed by atoms with Crippen molar-refractivity contribution < 1.29 is 28.5 Å². The molecule has 2 spiro atoms. The van der Waals surface area contributed by atoms with E-state index in [-0.39, 0.29) is 47.3 Å². The van der Waals surface area contributed by atoms with Crippen LogP contribution in [0.4, 0.5) is 11.4 Å². The molecule has 0 bridgehead atoms. The number of carbonyl (C=O) groups is 2. The van der Waals surface area contributed by atoms with E-state index in [1.165, 1.54) is 25.7 Å². The zero-order valence-electron chi connectivity index (χ0n) is 36.8. The summed E-state index contributed by atoms with van der Waals surface area (Å²) in [7, 11) is 0. The van der Waals surface area contributed by atoms with Gasteiger partial charge in [-0.1, -0.05) is 29.7 Å². The van der Waals surface area contributed by atoms with Crippen molar-refractivity contribution in [3.8, 4) is 23.7 Å². The van der Waals surface area contributed by atoms with E-state index in [4.69, 9.17) is 18.9 Å². The molecule has 2 aromatic heterocycles. The predicted octanol–water partition coefficient (Wildman–Crippen LogP) is 7.30. The summed E-state index contributed by atoms with van der Waals surface area (Å²) in [5.74, 6) is 15.9. The molecule has 64 heavy (non-hydrogen) atoms. The third kappa shape index (κ3) is 8.42. The van der Waals surface area contributed by atoms with Crippen LogP contribution in [0.25, 0.3) is 0 Å². The number of anilines is 2. The molecule has 8 aliphatic rings. The van der Waals surface area contributed by atoms with E-state index in [0.29, 0.717) is 48.1 Å². The van der Waals surface area contributed by atoms with Crippen molar-refractivity contribution in [3.05, 3.63) is 95.1 Å². The Kier molecular flexibility index (Phi) is 9.90. The molecular formula is C52H56N6O6. The summed E-state index contributed by atoms with van der Waals surface area (Å²) in [4.78, 5) is 40.8. The predicted molar refractivity (Wildman–Crippen MR) is 238 cm³/mol. The third-order valence-corrected chi connectivity index (χ3v) is 14.9. The van der Waals surface area contributed by atoms with Gasteiger partial charge in [-0.25, -0.2) is 9.97 Å². The van der Waals surface area contributed by atoms with Gasteiger partial charge in [0.25, 0.3) is 11.8 Å². The summed E-state index contributed by atoms with van der Waals surface area (Å²) in [6.45, 7) is 8.16. The smallest absolute Gasteiger partial charge is 0.278 e. The number of aryl methyl sites for hydroxylation is 2. The fraction of sp³-hybridized carbons (Fsp3) is 0.538. The SMILES string of the molecule is Cc1cc(C#CC2CC2C2CC2C#Cc2ccc(C)c(N(C(=O)c3cn(CC4OCC5(CC5)CO4)cn3)C3CC3)c2)ccc1N(C(=O)c1cn(CC2OCC3(CC3)CO2)cn1)C1CC1. The van der Waals surface area contributed by atoms with E-state index in [2.05, 4.69) is 83.9 Å². The third-order valence-electron chi connectivity index (χ3n) is 14.9. The topological polar surface area (TPSA) is 113 Å². The van der Waals surface area contributed by atoms with Crippen LogP contribution in [0.15, 0.2) is 61.4 Å². The van der Waals surface area contributed by atoms with Crippen molar-refractivity contribution in [2.24, 2.45) is 34.5 Å². The van der Waals surface area contributed by atoms with Gasteiger partial charge in [-0.05, 0) is 131 Å². The minimum atomic E-state index is -0.315. The second-order valence-electron chi connectivity index (χ2n) is 20.4. The quantitative estimate of drug-likeness (QED) is 0.145. The number of rotatable bonds is 11. The monoisotopic (exact) mass is 860 g/mol. The highest BCUT2D eigenvalue weighted by Crippen LogP contribution is 2.57. The Morgan fingerprint density at radius 1 is 0.641 bits per heavy atom. The van der Waals surface area contributed by atoms with Crippen LogP contribution in [0.2, 0.25) is 0 Å². The zero-order valence-corrected chi connectivity index (χ0v) is 36.8. The molecule has 12 heteroatoms. The molecule has 4 atom stereocenters. The first-order valence-electron chi connectivity index (χ1n) is 23.6. The number of carbonyl (C=O) groups excluding carboxylic acids is 2. The second-order valence-corrected chi connectivity index (χ2v) is 20.4. The van der Waals surface area contributed by atoms with Gasteiger partial charge >= 0.3 is 0 Å². The van der Waals surface area contributed by atoms with Gasteiger partial charge in [0.05, 0.1) is 52.2 Å². The molecule has 6 aliphatic carbocycles. The zero-order chi connectivity index (χ0) is 43.2. The number of amides is 2. The lowest BCUT2D eigenvalue weighted by molar-refractivity contribution is -0.212. The number of benzene rings is 2. The number of hydrogen-bond donors (Lipinski definition) is 0. The highest BCUT2D eigenvalue weighted by Gasteiger charge is 2.53. The summed E-state index contributed by atoms with van der Waals surface area (Å²) in [6, 6.07) is 12.8. The molecule has 4 heterocycles. The Balaban J connectivity index is 0.652. The average Bonchev–Trinajstić information content (AvgIpc) is 4.06. The van der Waals surface area contributed by atoms with Crippen LogP contribution in [0.3, 0.4) is 0 Å². The van der Waals surface area contributed by atoms with Crippen molar-refractivity contribution >= 4 is 23.2 Å². The lowest BCUT2D eigenvalue weighted by Gasteiger charge is -2.29. The Hall–Kier alpha value is -5.24. The first-order valence-corrected chi connectivity index (χ1v) is 23.6. The summed E-state index contributed by atoms with van der Waals surface area (Å²) in [6.07, 6.45) is 17.3. The Morgan fingerprint density at radius 3 is 1.58 bits per heavy atom. The van der Waals surface area contributed by atoms with Gasteiger partial charge in [-0.15, -0.1) is 0 Å². The molecule has 0 radical (unpaired) electrons. The Morgan fingerprint density at radius 2 is 1.11 bits per heavy atom. The number of nitrogens with zero attached hydrogens (tertiary/aromatic N) is 6. The summed E-state index contributed by atoms with van der Waals surface area (Å²) < 4.78 is 27.7. The molecular weight excluding hydrogens is 805 g/mol. The standard InChI is InChI=1S/C52H56N6O6/c1-33-3-4-36(20-46(33)58(40-12-13-40)50(60)44-24-56(32-54-44)26-48-63-29-52(17-18-52)30-64-48)6-9-38-22-42(38)41-21-37(41)8-5-35-7-14-45(34(2)19-35)57(39-10-11-39)49(59)43-23-55(31-53-43)25-47-61-27-51(15-16-51)28-62-47/h3-4,7,14,19-20,23-24,31-32,37-42,47-48H,10-13,15-18,21-22,25-30H2,1-2H3. The number of imidazole rings is 2. The van der Waals surface area contributed by atoms with E-state index in [1.54, 1.807) is 12.7 Å². The van der Waals surface area contributed by atoms with Crippen molar-refractivity contribution in [2.75, 3.05) is 36.2 Å². The van der Waals surface area contributed by atoms with Gasteiger partial charge in [0.15, 0.2) is 12.6 Å². The maximum absolute atomic E-state index is 14.0. The molecule has 12 nitrogen and oxygen atoms in total. The van der Waals surface area contributed by atoms with E-state index >= 15 is 0 Å². The summed E-state index contributed by atoms with van der Waals surface area (Å²) in [5, 5.41) is 0. The van der Waals surface area contributed by atoms with Crippen LogP contribution in [0, 0.1) is 72.0 Å². The molecule has 8 fully saturated rings. The first kappa shape index (κ1) is 40.3.